The summed E-state index contributed by atoms with van der Waals surface area (Å²) in [6, 6.07) is 15.8. The molecule has 3 rings (SSSR count). The third-order valence-electron chi connectivity index (χ3n) is 5.17. The van der Waals surface area contributed by atoms with Crippen LogP contribution in [0.1, 0.15) is 43.6 Å². The molecule has 0 fully saturated rings. The fourth-order valence-corrected chi connectivity index (χ4v) is 3.89. The van der Waals surface area contributed by atoms with Gasteiger partial charge in [0.05, 0.1) is 23.9 Å². The topological polar surface area (TPSA) is 42.4 Å². The maximum Gasteiger partial charge on any atom is 0.254 e. The van der Waals surface area contributed by atoms with Crippen LogP contribution in [0.5, 0.6) is 5.75 Å². The van der Waals surface area contributed by atoms with Crippen molar-refractivity contribution in [2.45, 2.75) is 34.6 Å². The molecule has 0 atom stereocenters. The molecule has 30 heavy (non-hydrogen) atoms. The monoisotopic (exact) mass is 404 g/mol. The van der Waals surface area contributed by atoms with Gasteiger partial charge >= 0.3 is 0 Å². The van der Waals surface area contributed by atoms with Crippen LogP contribution < -0.4 is 4.74 Å². The molecular weight excluding hydrogens is 372 g/mol. The number of aromatic nitrogens is 1. The van der Waals surface area contributed by atoms with Crippen molar-refractivity contribution in [1.82, 2.24) is 9.88 Å². The minimum absolute atomic E-state index is 0.0864. The summed E-state index contributed by atoms with van der Waals surface area (Å²) >= 11 is 0. The van der Waals surface area contributed by atoms with E-state index in [2.05, 4.69) is 27.7 Å². The minimum Gasteiger partial charge on any atom is -0.497 e. The number of para-hydroxylation sites is 1. The average molecular weight is 405 g/mol. The molecule has 158 valence electrons. The van der Waals surface area contributed by atoms with Crippen LogP contribution in [0.4, 0.5) is 0 Å². The Kier molecular flexibility index (Phi) is 6.76. The standard InChI is InChI=1S/C26H32N2O2/c1-17(2)15-28(16-18(3)4)26(29)24-19(5)25(20-11-13-21(30-6)14-12-20)27-23-10-8-7-9-22(23)24/h7-14,17-18H,15-16H2,1-6H3. The predicted molar refractivity (Wildman–Crippen MR) is 124 cm³/mol. The molecule has 0 aliphatic rings. The zero-order chi connectivity index (χ0) is 21.8. The molecule has 0 saturated heterocycles. The fraction of sp³-hybridized carbons (Fsp3) is 0.385. The first-order chi connectivity index (χ1) is 14.3. The molecule has 1 heterocycles. The molecule has 0 saturated carbocycles. The summed E-state index contributed by atoms with van der Waals surface area (Å²) in [5, 5.41) is 0.912. The Morgan fingerprint density at radius 1 is 0.967 bits per heavy atom. The van der Waals surface area contributed by atoms with E-state index in [1.807, 2.05) is 60.4 Å². The molecule has 0 unspecified atom stereocenters. The number of benzene rings is 2. The number of nitrogens with zero attached hydrogens (tertiary/aromatic N) is 2. The molecule has 0 radical (unpaired) electrons. The summed E-state index contributed by atoms with van der Waals surface area (Å²) in [5.74, 6) is 1.70. The number of ether oxygens (including phenoxy) is 1. The quantitative estimate of drug-likeness (QED) is 0.487. The number of carbonyl (C=O) groups is 1. The Hall–Kier alpha value is -2.88. The van der Waals surface area contributed by atoms with E-state index in [1.165, 1.54) is 0 Å². The maximum absolute atomic E-state index is 13.8. The van der Waals surface area contributed by atoms with Gasteiger partial charge in [0.25, 0.3) is 5.91 Å². The molecule has 4 nitrogen and oxygen atoms in total. The van der Waals surface area contributed by atoms with Crippen LogP contribution in [0.3, 0.4) is 0 Å². The van der Waals surface area contributed by atoms with E-state index >= 15 is 0 Å². The predicted octanol–water partition coefficient (Wildman–Crippen LogP) is 5.97. The molecule has 3 aromatic rings. The van der Waals surface area contributed by atoms with Crippen molar-refractivity contribution in [3.05, 3.63) is 59.7 Å². The first kappa shape index (κ1) is 21.8. The van der Waals surface area contributed by atoms with Gasteiger partial charge in [-0.25, -0.2) is 4.98 Å². The highest BCUT2D eigenvalue weighted by Crippen LogP contribution is 2.31. The van der Waals surface area contributed by atoms with Crippen LogP contribution in [-0.4, -0.2) is 36.0 Å². The Morgan fingerprint density at radius 2 is 1.57 bits per heavy atom. The first-order valence-electron chi connectivity index (χ1n) is 10.6. The van der Waals surface area contributed by atoms with Gasteiger partial charge in [-0.15, -0.1) is 0 Å². The highest BCUT2D eigenvalue weighted by Gasteiger charge is 2.24. The molecule has 0 spiro atoms. The second-order valence-electron chi connectivity index (χ2n) is 8.70. The zero-order valence-electron chi connectivity index (χ0n) is 18.9. The molecule has 0 bridgehead atoms. The van der Waals surface area contributed by atoms with Gasteiger partial charge in [0.15, 0.2) is 0 Å². The zero-order valence-corrected chi connectivity index (χ0v) is 18.9. The van der Waals surface area contributed by atoms with Crippen molar-refractivity contribution in [2.75, 3.05) is 20.2 Å². The second-order valence-corrected chi connectivity index (χ2v) is 8.70. The summed E-state index contributed by atoms with van der Waals surface area (Å²) in [7, 11) is 1.66. The van der Waals surface area contributed by atoms with E-state index in [9.17, 15) is 4.79 Å². The van der Waals surface area contributed by atoms with Crippen molar-refractivity contribution in [3.63, 3.8) is 0 Å². The number of methoxy groups -OCH3 is 1. The van der Waals surface area contributed by atoms with Crippen molar-refractivity contribution in [2.24, 2.45) is 11.8 Å². The van der Waals surface area contributed by atoms with Crippen LogP contribution in [0.15, 0.2) is 48.5 Å². The van der Waals surface area contributed by atoms with E-state index < -0.39 is 0 Å². The molecule has 4 heteroatoms. The van der Waals surface area contributed by atoms with Crippen LogP contribution in [-0.2, 0) is 0 Å². The van der Waals surface area contributed by atoms with E-state index in [-0.39, 0.29) is 5.91 Å². The Labute approximate surface area is 179 Å². The lowest BCUT2D eigenvalue weighted by molar-refractivity contribution is 0.0716. The van der Waals surface area contributed by atoms with Gasteiger partial charge in [0.1, 0.15) is 5.75 Å². The smallest absolute Gasteiger partial charge is 0.254 e. The number of hydrogen-bond acceptors (Lipinski definition) is 3. The van der Waals surface area contributed by atoms with Gasteiger partial charge in [0.2, 0.25) is 0 Å². The molecule has 2 aromatic carbocycles. The molecule has 1 aromatic heterocycles. The number of hydrogen-bond donors (Lipinski definition) is 0. The van der Waals surface area contributed by atoms with E-state index in [0.717, 1.165) is 52.1 Å². The third kappa shape index (κ3) is 4.64. The summed E-state index contributed by atoms with van der Waals surface area (Å²) in [5.41, 5.74) is 4.33. The molecule has 1 amide bonds. The van der Waals surface area contributed by atoms with Crippen LogP contribution in [0.25, 0.3) is 22.2 Å². The Morgan fingerprint density at radius 3 is 2.13 bits per heavy atom. The van der Waals surface area contributed by atoms with Crippen molar-refractivity contribution in [1.29, 1.82) is 0 Å². The van der Waals surface area contributed by atoms with Gasteiger partial charge < -0.3 is 9.64 Å². The highest BCUT2D eigenvalue weighted by atomic mass is 16.5. The summed E-state index contributed by atoms with van der Waals surface area (Å²) < 4.78 is 5.29. The average Bonchev–Trinajstić information content (AvgIpc) is 2.72. The number of amides is 1. The van der Waals surface area contributed by atoms with E-state index in [1.54, 1.807) is 7.11 Å². The van der Waals surface area contributed by atoms with Crippen LogP contribution in [0, 0.1) is 18.8 Å². The normalized spacial score (nSPS) is 11.3. The second kappa shape index (κ2) is 9.29. The lowest BCUT2D eigenvalue weighted by Crippen LogP contribution is -2.37. The van der Waals surface area contributed by atoms with Gasteiger partial charge in [-0.2, -0.15) is 0 Å². The third-order valence-corrected chi connectivity index (χ3v) is 5.17. The number of pyridine rings is 1. The Balaban J connectivity index is 2.18. The molecule has 0 aliphatic carbocycles. The fourth-order valence-electron chi connectivity index (χ4n) is 3.89. The maximum atomic E-state index is 13.8. The van der Waals surface area contributed by atoms with Gasteiger partial charge in [0, 0.05) is 24.0 Å². The number of carbonyl (C=O) groups excluding carboxylic acids is 1. The van der Waals surface area contributed by atoms with Gasteiger partial charge in [-0.3, -0.25) is 4.79 Å². The van der Waals surface area contributed by atoms with Crippen molar-refractivity contribution < 1.29 is 9.53 Å². The first-order valence-corrected chi connectivity index (χ1v) is 10.6. The van der Waals surface area contributed by atoms with E-state index in [0.29, 0.717) is 11.8 Å². The van der Waals surface area contributed by atoms with Crippen LogP contribution in [0.2, 0.25) is 0 Å². The number of fused-ring (bicyclic) bond motifs is 1. The minimum atomic E-state index is 0.0864. The van der Waals surface area contributed by atoms with Gasteiger partial charge in [-0.1, -0.05) is 45.9 Å². The SMILES string of the molecule is COc1ccc(-c2nc3ccccc3c(C(=O)N(CC(C)C)CC(C)C)c2C)cc1. The van der Waals surface area contributed by atoms with Crippen molar-refractivity contribution >= 4 is 16.8 Å². The van der Waals surface area contributed by atoms with Crippen molar-refractivity contribution in [3.8, 4) is 17.0 Å². The lowest BCUT2D eigenvalue weighted by atomic mass is 9.96. The lowest BCUT2D eigenvalue weighted by Gasteiger charge is -2.28. The summed E-state index contributed by atoms with van der Waals surface area (Å²) in [6.07, 6.45) is 0. The summed E-state index contributed by atoms with van der Waals surface area (Å²) in [4.78, 5) is 20.7. The Bertz CT molecular complexity index is 1010. The highest BCUT2D eigenvalue weighted by molar-refractivity contribution is 6.08. The van der Waals surface area contributed by atoms with Crippen LogP contribution >= 0.6 is 0 Å². The van der Waals surface area contributed by atoms with Gasteiger partial charge in [-0.05, 0) is 54.7 Å². The molecule has 0 aliphatic heterocycles. The summed E-state index contributed by atoms with van der Waals surface area (Å²) in [6.45, 7) is 12.1. The molecule has 0 N–H and O–H groups in total. The largest absolute Gasteiger partial charge is 0.497 e. The number of rotatable bonds is 7. The molecular formula is C26H32N2O2. The van der Waals surface area contributed by atoms with E-state index in [4.69, 9.17) is 9.72 Å².